The molecule has 4 heteroatoms. The third kappa shape index (κ3) is 3.92. The van der Waals surface area contributed by atoms with Crippen LogP contribution in [0.25, 0.3) is 0 Å². The highest BCUT2D eigenvalue weighted by molar-refractivity contribution is 9.10. The monoisotopic (exact) mass is 332 g/mol. The maximum absolute atomic E-state index is 12.4. The summed E-state index contributed by atoms with van der Waals surface area (Å²) in [5, 5.41) is 6.03. The van der Waals surface area contributed by atoms with Crippen LogP contribution < -0.4 is 10.6 Å². The van der Waals surface area contributed by atoms with Crippen molar-refractivity contribution in [2.75, 3.05) is 18.9 Å². The summed E-state index contributed by atoms with van der Waals surface area (Å²) in [6, 6.07) is 15.3. The van der Waals surface area contributed by atoms with Gasteiger partial charge in [0, 0.05) is 15.7 Å². The fraction of sp³-hybridized carbons (Fsp3) is 0.188. The SMILES string of the molecule is CNCCc1ccccc1C(=O)Nc1cccc(Br)c1. The van der Waals surface area contributed by atoms with Gasteiger partial charge in [-0.3, -0.25) is 4.79 Å². The van der Waals surface area contributed by atoms with Crippen molar-refractivity contribution in [2.45, 2.75) is 6.42 Å². The molecule has 0 aliphatic carbocycles. The van der Waals surface area contributed by atoms with Gasteiger partial charge in [0.25, 0.3) is 5.91 Å². The first kappa shape index (κ1) is 14.8. The Morgan fingerprint density at radius 2 is 1.95 bits per heavy atom. The van der Waals surface area contributed by atoms with Crippen LogP contribution in [-0.4, -0.2) is 19.5 Å². The number of amides is 1. The quantitative estimate of drug-likeness (QED) is 0.880. The van der Waals surface area contributed by atoms with E-state index in [2.05, 4.69) is 26.6 Å². The van der Waals surface area contributed by atoms with E-state index < -0.39 is 0 Å². The second kappa shape index (κ2) is 7.22. The lowest BCUT2D eigenvalue weighted by Crippen LogP contribution is -2.17. The zero-order valence-electron chi connectivity index (χ0n) is 11.3. The van der Waals surface area contributed by atoms with Crippen LogP contribution >= 0.6 is 15.9 Å². The number of anilines is 1. The van der Waals surface area contributed by atoms with E-state index in [1.54, 1.807) is 0 Å². The minimum Gasteiger partial charge on any atom is -0.322 e. The van der Waals surface area contributed by atoms with Crippen molar-refractivity contribution in [1.29, 1.82) is 0 Å². The first-order valence-electron chi connectivity index (χ1n) is 6.50. The van der Waals surface area contributed by atoms with Gasteiger partial charge in [0.1, 0.15) is 0 Å². The molecule has 0 aliphatic rings. The van der Waals surface area contributed by atoms with E-state index in [-0.39, 0.29) is 5.91 Å². The van der Waals surface area contributed by atoms with Gasteiger partial charge in [-0.25, -0.2) is 0 Å². The molecule has 0 spiro atoms. The number of hydrogen-bond acceptors (Lipinski definition) is 2. The van der Waals surface area contributed by atoms with Crippen LogP contribution in [0, 0.1) is 0 Å². The minimum atomic E-state index is -0.0743. The standard InChI is InChI=1S/C16H17BrN2O/c1-18-10-9-12-5-2-3-8-15(12)16(20)19-14-7-4-6-13(17)11-14/h2-8,11,18H,9-10H2,1H3,(H,19,20). The van der Waals surface area contributed by atoms with Gasteiger partial charge in [0.15, 0.2) is 0 Å². The third-order valence-electron chi connectivity index (χ3n) is 2.99. The van der Waals surface area contributed by atoms with E-state index in [4.69, 9.17) is 0 Å². The number of halogens is 1. The van der Waals surface area contributed by atoms with Crippen LogP contribution in [0.4, 0.5) is 5.69 Å². The zero-order chi connectivity index (χ0) is 14.4. The molecule has 0 bridgehead atoms. The predicted octanol–water partition coefficient (Wildman–Crippen LogP) is 3.46. The lowest BCUT2D eigenvalue weighted by molar-refractivity contribution is 0.102. The molecule has 2 N–H and O–H groups in total. The Morgan fingerprint density at radius 3 is 2.70 bits per heavy atom. The van der Waals surface area contributed by atoms with Gasteiger partial charge in [0.2, 0.25) is 0 Å². The molecule has 0 radical (unpaired) electrons. The first-order valence-corrected chi connectivity index (χ1v) is 7.29. The Balaban J connectivity index is 2.16. The van der Waals surface area contributed by atoms with Gasteiger partial charge in [-0.1, -0.05) is 40.2 Å². The number of carbonyl (C=O) groups is 1. The highest BCUT2D eigenvalue weighted by atomic mass is 79.9. The lowest BCUT2D eigenvalue weighted by Gasteiger charge is -2.10. The number of nitrogens with one attached hydrogen (secondary N) is 2. The van der Waals surface area contributed by atoms with E-state index in [0.717, 1.165) is 34.3 Å². The molecule has 1 amide bonds. The van der Waals surface area contributed by atoms with Crippen molar-refractivity contribution < 1.29 is 4.79 Å². The Morgan fingerprint density at radius 1 is 1.15 bits per heavy atom. The van der Waals surface area contributed by atoms with E-state index in [1.165, 1.54) is 0 Å². The molecule has 3 nitrogen and oxygen atoms in total. The summed E-state index contributed by atoms with van der Waals surface area (Å²) < 4.78 is 0.943. The summed E-state index contributed by atoms with van der Waals surface area (Å²) in [5.41, 5.74) is 2.56. The van der Waals surface area contributed by atoms with Crippen LogP contribution in [0.2, 0.25) is 0 Å². The van der Waals surface area contributed by atoms with Crippen molar-refractivity contribution in [1.82, 2.24) is 5.32 Å². The van der Waals surface area contributed by atoms with Crippen molar-refractivity contribution in [3.05, 3.63) is 64.1 Å². The predicted molar refractivity (Wildman–Crippen MR) is 86.2 cm³/mol. The van der Waals surface area contributed by atoms with Crippen LogP contribution in [0.15, 0.2) is 53.0 Å². The molecule has 0 heterocycles. The summed E-state index contributed by atoms with van der Waals surface area (Å²) in [6.45, 7) is 0.848. The minimum absolute atomic E-state index is 0.0743. The van der Waals surface area contributed by atoms with Crippen molar-refractivity contribution in [3.8, 4) is 0 Å². The van der Waals surface area contributed by atoms with E-state index in [1.807, 2.05) is 55.6 Å². The molecule has 104 valence electrons. The summed E-state index contributed by atoms with van der Waals surface area (Å²) in [7, 11) is 1.91. The van der Waals surface area contributed by atoms with E-state index >= 15 is 0 Å². The molecular weight excluding hydrogens is 316 g/mol. The number of benzene rings is 2. The molecular formula is C16H17BrN2O. The van der Waals surface area contributed by atoms with Crippen molar-refractivity contribution in [3.63, 3.8) is 0 Å². The average Bonchev–Trinajstić information content (AvgIpc) is 2.45. The van der Waals surface area contributed by atoms with Gasteiger partial charge >= 0.3 is 0 Å². The molecule has 0 fully saturated rings. The molecule has 0 aliphatic heterocycles. The normalized spacial score (nSPS) is 10.3. The zero-order valence-corrected chi connectivity index (χ0v) is 12.9. The average molecular weight is 333 g/mol. The number of carbonyl (C=O) groups excluding carboxylic acids is 1. The Labute approximate surface area is 127 Å². The molecule has 0 saturated heterocycles. The van der Waals surface area contributed by atoms with Gasteiger partial charge < -0.3 is 10.6 Å². The molecule has 2 aromatic carbocycles. The van der Waals surface area contributed by atoms with Crippen molar-refractivity contribution in [2.24, 2.45) is 0 Å². The lowest BCUT2D eigenvalue weighted by atomic mass is 10.0. The van der Waals surface area contributed by atoms with Crippen LogP contribution in [0.5, 0.6) is 0 Å². The second-order valence-electron chi connectivity index (χ2n) is 4.48. The molecule has 0 atom stereocenters. The van der Waals surface area contributed by atoms with Gasteiger partial charge in [-0.2, -0.15) is 0 Å². The summed E-state index contributed by atoms with van der Waals surface area (Å²) >= 11 is 3.40. The highest BCUT2D eigenvalue weighted by Crippen LogP contribution is 2.17. The molecule has 0 unspecified atom stereocenters. The third-order valence-corrected chi connectivity index (χ3v) is 3.48. The number of hydrogen-bond donors (Lipinski definition) is 2. The summed E-state index contributed by atoms with van der Waals surface area (Å²) in [6.07, 6.45) is 0.832. The highest BCUT2D eigenvalue weighted by Gasteiger charge is 2.10. The van der Waals surface area contributed by atoms with Crippen LogP contribution in [-0.2, 0) is 6.42 Å². The largest absolute Gasteiger partial charge is 0.322 e. The molecule has 2 rings (SSSR count). The molecule has 0 aromatic heterocycles. The summed E-state index contributed by atoms with van der Waals surface area (Å²) in [5.74, 6) is -0.0743. The Kier molecular flexibility index (Phi) is 5.32. The number of rotatable bonds is 5. The smallest absolute Gasteiger partial charge is 0.255 e. The second-order valence-corrected chi connectivity index (χ2v) is 5.39. The Bertz CT molecular complexity index is 599. The van der Waals surface area contributed by atoms with E-state index in [9.17, 15) is 4.79 Å². The maximum atomic E-state index is 12.4. The van der Waals surface area contributed by atoms with Crippen LogP contribution in [0.1, 0.15) is 15.9 Å². The molecule has 20 heavy (non-hydrogen) atoms. The van der Waals surface area contributed by atoms with E-state index in [0.29, 0.717) is 0 Å². The molecule has 0 saturated carbocycles. The van der Waals surface area contributed by atoms with Gasteiger partial charge in [-0.15, -0.1) is 0 Å². The topological polar surface area (TPSA) is 41.1 Å². The summed E-state index contributed by atoms with van der Waals surface area (Å²) in [4.78, 5) is 12.4. The fourth-order valence-corrected chi connectivity index (χ4v) is 2.38. The van der Waals surface area contributed by atoms with Crippen molar-refractivity contribution >= 4 is 27.5 Å². The Hall–Kier alpha value is -1.65. The first-order chi connectivity index (χ1) is 9.70. The number of likely N-dealkylation sites (N-methyl/N-ethyl adjacent to an activating group) is 1. The maximum Gasteiger partial charge on any atom is 0.255 e. The van der Waals surface area contributed by atoms with Gasteiger partial charge in [0.05, 0.1) is 0 Å². The fourth-order valence-electron chi connectivity index (χ4n) is 1.98. The molecule has 2 aromatic rings. The van der Waals surface area contributed by atoms with Crippen LogP contribution in [0.3, 0.4) is 0 Å². The van der Waals surface area contributed by atoms with Gasteiger partial charge in [-0.05, 0) is 49.8 Å².